The molecule has 0 atom stereocenters. The largest absolute Gasteiger partial charge is 0.462 e. The Kier molecular flexibility index (Phi) is 4.52. The van der Waals surface area contributed by atoms with Gasteiger partial charge in [0, 0.05) is 12.2 Å². The summed E-state index contributed by atoms with van der Waals surface area (Å²) >= 11 is 0. The molecule has 1 fully saturated rings. The topological polar surface area (TPSA) is 96.4 Å². The number of nitrogens with zero attached hydrogens (tertiary/aromatic N) is 2. The summed E-state index contributed by atoms with van der Waals surface area (Å²) < 4.78 is 4.80. The van der Waals surface area contributed by atoms with Gasteiger partial charge in [0.2, 0.25) is 5.91 Å². The molecule has 0 bridgehead atoms. The van der Waals surface area contributed by atoms with Crippen LogP contribution in [0.25, 0.3) is 0 Å². The van der Waals surface area contributed by atoms with Crippen LogP contribution in [0.3, 0.4) is 0 Å². The van der Waals surface area contributed by atoms with Gasteiger partial charge in [-0.05, 0) is 19.8 Å². The second-order valence-electron chi connectivity index (χ2n) is 3.65. The molecule has 0 aromatic carbocycles. The van der Waals surface area contributed by atoms with Crippen molar-refractivity contribution in [2.24, 2.45) is 5.73 Å². The van der Waals surface area contributed by atoms with Crippen LogP contribution in [-0.2, 0) is 14.3 Å². The number of carbonyl (C=O) groups excluding carboxylic acids is 2. The molecule has 1 saturated heterocycles. The van der Waals surface area contributed by atoms with Crippen molar-refractivity contribution in [2.45, 2.75) is 19.8 Å². The summed E-state index contributed by atoms with van der Waals surface area (Å²) in [7, 11) is 0. The van der Waals surface area contributed by atoms with Crippen LogP contribution in [-0.4, -0.2) is 36.5 Å². The summed E-state index contributed by atoms with van der Waals surface area (Å²) in [5.41, 5.74) is 5.65. The van der Waals surface area contributed by atoms with Gasteiger partial charge in [-0.2, -0.15) is 5.26 Å². The van der Waals surface area contributed by atoms with Crippen LogP contribution in [0.1, 0.15) is 19.8 Å². The lowest BCUT2D eigenvalue weighted by molar-refractivity contribution is -0.138. The van der Waals surface area contributed by atoms with Crippen molar-refractivity contribution in [3.63, 3.8) is 0 Å². The Labute approximate surface area is 99.6 Å². The fourth-order valence-corrected chi connectivity index (χ4v) is 1.81. The maximum Gasteiger partial charge on any atom is 0.350 e. The molecule has 1 aliphatic heterocycles. The van der Waals surface area contributed by atoms with Gasteiger partial charge in [0.15, 0.2) is 5.57 Å². The number of likely N-dealkylation sites (tertiary alicyclic amines) is 1. The molecule has 1 rings (SSSR count). The third-order valence-electron chi connectivity index (χ3n) is 2.45. The number of esters is 1. The van der Waals surface area contributed by atoms with Gasteiger partial charge < -0.3 is 15.4 Å². The molecule has 0 spiro atoms. The highest BCUT2D eigenvalue weighted by Gasteiger charge is 2.26. The molecular formula is C11H15N3O3. The molecule has 0 radical (unpaired) electrons. The second kappa shape index (κ2) is 5.89. The quantitative estimate of drug-likeness (QED) is 0.418. The lowest BCUT2D eigenvalue weighted by atomic mass is 10.2. The number of amides is 1. The van der Waals surface area contributed by atoms with E-state index in [-0.39, 0.29) is 18.7 Å². The van der Waals surface area contributed by atoms with E-state index in [4.69, 9.17) is 15.7 Å². The fraction of sp³-hybridized carbons (Fsp3) is 0.545. The predicted molar refractivity (Wildman–Crippen MR) is 59.3 cm³/mol. The van der Waals surface area contributed by atoms with Crippen LogP contribution < -0.4 is 5.73 Å². The SMILES string of the molecule is CCOC(=O)/C(C#N)=C1/CCCN1CC(N)=O. The Morgan fingerprint density at radius 3 is 2.82 bits per heavy atom. The van der Waals surface area contributed by atoms with Crippen LogP contribution in [0.15, 0.2) is 11.3 Å². The smallest absolute Gasteiger partial charge is 0.350 e. The molecule has 17 heavy (non-hydrogen) atoms. The molecular weight excluding hydrogens is 222 g/mol. The van der Waals surface area contributed by atoms with Crippen LogP contribution >= 0.6 is 0 Å². The van der Waals surface area contributed by atoms with E-state index >= 15 is 0 Å². The summed E-state index contributed by atoms with van der Waals surface area (Å²) in [6.45, 7) is 2.54. The molecule has 0 unspecified atom stereocenters. The summed E-state index contributed by atoms with van der Waals surface area (Å²) in [4.78, 5) is 24.1. The van der Waals surface area contributed by atoms with Gasteiger partial charge in [0.1, 0.15) is 6.07 Å². The van der Waals surface area contributed by atoms with Gasteiger partial charge in [0.05, 0.1) is 13.2 Å². The van der Waals surface area contributed by atoms with Crippen molar-refractivity contribution >= 4 is 11.9 Å². The first kappa shape index (κ1) is 13.0. The average molecular weight is 237 g/mol. The fourth-order valence-electron chi connectivity index (χ4n) is 1.81. The third kappa shape index (κ3) is 3.21. The number of nitriles is 1. The zero-order chi connectivity index (χ0) is 12.8. The van der Waals surface area contributed by atoms with Crippen molar-refractivity contribution in [1.82, 2.24) is 4.90 Å². The molecule has 0 aliphatic carbocycles. The molecule has 0 aromatic rings. The normalized spacial score (nSPS) is 17.5. The zero-order valence-electron chi connectivity index (χ0n) is 9.73. The van der Waals surface area contributed by atoms with E-state index in [1.807, 2.05) is 6.07 Å². The Morgan fingerprint density at radius 1 is 1.59 bits per heavy atom. The number of nitrogens with two attached hydrogens (primary N) is 1. The van der Waals surface area contributed by atoms with Gasteiger partial charge in [-0.1, -0.05) is 0 Å². The minimum Gasteiger partial charge on any atom is -0.462 e. The van der Waals surface area contributed by atoms with Crippen molar-refractivity contribution < 1.29 is 14.3 Å². The van der Waals surface area contributed by atoms with E-state index in [0.717, 1.165) is 6.42 Å². The van der Waals surface area contributed by atoms with E-state index in [2.05, 4.69) is 0 Å². The first-order valence-electron chi connectivity index (χ1n) is 5.43. The van der Waals surface area contributed by atoms with Crippen LogP contribution in [0.5, 0.6) is 0 Å². The van der Waals surface area contributed by atoms with Gasteiger partial charge in [-0.3, -0.25) is 4.79 Å². The summed E-state index contributed by atoms with van der Waals surface area (Å²) in [5.74, 6) is -1.12. The Hall–Kier alpha value is -2.03. The van der Waals surface area contributed by atoms with E-state index in [1.54, 1.807) is 11.8 Å². The lowest BCUT2D eigenvalue weighted by Gasteiger charge is -2.18. The van der Waals surface area contributed by atoms with E-state index < -0.39 is 11.9 Å². The molecule has 0 saturated carbocycles. The van der Waals surface area contributed by atoms with Gasteiger partial charge in [-0.15, -0.1) is 0 Å². The van der Waals surface area contributed by atoms with E-state index in [0.29, 0.717) is 18.7 Å². The number of rotatable bonds is 4. The van der Waals surface area contributed by atoms with Crippen molar-refractivity contribution in [3.05, 3.63) is 11.3 Å². The monoisotopic (exact) mass is 237 g/mol. The molecule has 1 heterocycles. The van der Waals surface area contributed by atoms with Crippen LogP contribution in [0.4, 0.5) is 0 Å². The van der Waals surface area contributed by atoms with Crippen LogP contribution in [0.2, 0.25) is 0 Å². The maximum absolute atomic E-state index is 11.5. The van der Waals surface area contributed by atoms with Crippen LogP contribution in [0, 0.1) is 11.3 Å². The molecule has 6 nitrogen and oxygen atoms in total. The Balaban J connectivity index is 2.94. The van der Waals surface area contributed by atoms with E-state index in [9.17, 15) is 9.59 Å². The summed E-state index contributed by atoms with van der Waals surface area (Å²) in [5, 5.41) is 8.98. The van der Waals surface area contributed by atoms with Gasteiger partial charge >= 0.3 is 5.97 Å². The van der Waals surface area contributed by atoms with Crippen molar-refractivity contribution in [2.75, 3.05) is 19.7 Å². The average Bonchev–Trinajstić information content (AvgIpc) is 2.67. The summed E-state index contributed by atoms with van der Waals surface area (Å²) in [6, 6.07) is 1.84. The highest BCUT2D eigenvalue weighted by atomic mass is 16.5. The summed E-state index contributed by atoms with van der Waals surface area (Å²) in [6.07, 6.45) is 1.39. The second-order valence-corrected chi connectivity index (χ2v) is 3.65. The molecule has 0 aromatic heterocycles. The Morgan fingerprint density at radius 2 is 2.29 bits per heavy atom. The van der Waals surface area contributed by atoms with Gasteiger partial charge in [0.25, 0.3) is 0 Å². The third-order valence-corrected chi connectivity index (χ3v) is 2.45. The molecule has 6 heteroatoms. The molecule has 1 amide bonds. The minimum atomic E-state index is -0.638. The van der Waals surface area contributed by atoms with Gasteiger partial charge in [-0.25, -0.2) is 4.79 Å². The lowest BCUT2D eigenvalue weighted by Crippen LogP contribution is -2.31. The number of hydrogen-bond donors (Lipinski definition) is 1. The highest BCUT2D eigenvalue weighted by molar-refractivity contribution is 5.93. The highest BCUT2D eigenvalue weighted by Crippen LogP contribution is 2.24. The number of allylic oxidation sites excluding steroid dienone is 1. The molecule has 2 N–H and O–H groups in total. The van der Waals surface area contributed by atoms with E-state index in [1.165, 1.54) is 0 Å². The number of primary amides is 1. The number of ether oxygens (including phenoxy) is 1. The van der Waals surface area contributed by atoms with Crippen molar-refractivity contribution in [1.29, 1.82) is 5.26 Å². The van der Waals surface area contributed by atoms with Crippen molar-refractivity contribution in [3.8, 4) is 6.07 Å². The maximum atomic E-state index is 11.5. The Bertz CT molecular complexity index is 395. The minimum absolute atomic E-state index is 0.0226. The molecule has 92 valence electrons. The zero-order valence-corrected chi connectivity index (χ0v) is 9.73. The first-order chi connectivity index (χ1) is 8.10. The molecule has 1 aliphatic rings. The first-order valence-corrected chi connectivity index (χ1v) is 5.43. The standard InChI is InChI=1S/C11H15N3O3/c1-2-17-11(16)8(6-12)9-4-3-5-14(9)7-10(13)15/h2-5,7H2,1H3,(H2,13,15)/b9-8-. The number of hydrogen-bond acceptors (Lipinski definition) is 5. The predicted octanol–water partition coefficient (Wildman–Crippen LogP) is -0.0917. The number of carbonyl (C=O) groups is 2.